The molecular weight excluding hydrogens is 198 g/mol. The molecule has 1 aliphatic heterocycles. The largest absolute Gasteiger partial charge is 0.378 e. The van der Waals surface area contributed by atoms with Crippen molar-refractivity contribution in [2.45, 2.75) is 70.9 Å². The van der Waals surface area contributed by atoms with Crippen molar-refractivity contribution in [3.8, 4) is 0 Å². The van der Waals surface area contributed by atoms with Gasteiger partial charge in [0.2, 0.25) is 0 Å². The summed E-state index contributed by atoms with van der Waals surface area (Å²) in [6.45, 7) is 6.71. The Hall–Kier alpha value is -0.0800. The minimum Gasteiger partial charge on any atom is -0.378 e. The molecule has 2 fully saturated rings. The normalized spacial score (nSPS) is 34.5. The molecule has 2 unspecified atom stereocenters. The molecule has 0 bridgehead atoms. The highest BCUT2D eigenvalue weighted by Crippen LogP contribution is 2.40. The fourth-order valence-corrected chi connectivity index (χ4v) is 2.83. The van der Waals surface area contributed by atoms with Crippen molar-refractivity contribution < 1.29 is 4.74 Å². The Kier molecular flexibility index (Phi) is 4.26. The van der Waals surface area contributed by atoms with Crippen molar-refractivity contribution >= 4 is 0 Å². The quantitative estimate of drug-likeness (QED) is 0.672. The van der Waals surface area contributed by atoms with Crippen LogP contribution in [0.2, 0.25) is 0 Å². The van der Waals surface area contributed by atoms with Gasteiger partial charge in [-0.15, -0.1) is 0 Å². The van der Waals surface area contributed by atoms with E-state index in [2.05, 4.69) is 19.2 Å². The van der Waals surface area contributed by atoms with E-state index in [9.17, 15) is 0 Å². The summed E-state index contributed by atoms with van der Waals surface area (Å²) < 4.78 is 5.81. The van der Waals surface area contributed by atoms with Crippen molar-refractivity contribution in [1.29, 1.82) is 0 Å². The molecule has 1 aliphatic carbocycles. The van der Waals surface area contributed by atoms with Crippen LogP contribution in [-0.4, -0.2) is 25.3 Å². The van der Waals surface area contributed by atoms with Gasteiger partial charge >= 0.3 is 0 Å². The Morgan fingerprint density at radius 2 is 2.12 bits per heavy atom. The lowest BCUT2D eigenvalue weighted by atomic mass is 9.77. The smallest absolute Gasteiger partial charge is 0.0616 e. The monoisotopic (exact) mass is 225 g/mol. The Labute approximate surface area is 100 Å². The van der Waals surface area contributed by atoms with Crippen LogP contribution in [0, 0.1) is 5.41 Å². The van der Waals surface area contributed by atoms with Gasteiger partial charge in [0.05, 0.1) is 6.10 Å². The molecule has 0 aromatic carbocycles. The lowest BCUT2D eigenvalue weighted by Gasteiger charge is -2.33. The number of rotatable bonds is 7. The molecule has 1 saturated carbocycles. The van der Waals surface area contributed by atoms with Crippen LogP contribution in [-0.2, 0) is 4.74 Å². The van der Waals surface area contributed by atoms with Crippen LogP contribution in [0.5, 0.6) is 0 Å². The maximum Gasteiger partial charge on any atom is 0.0616 e. The van der Waals surface area contributed by atoms with Crippen LogP contribution in [0.4, 0.5) is 0 Å². The highest BCUT2D eigenvalue weighted by atomic mass is 16.5. The summed E-state index contributed by atoms with van der Waals surface area (Å²) in [5.41, 5.74) is 0.442. The van der Waals surface area contributed by atoms with Crippen LogP contribution in [0.3, 0.4) is 0 Å². The third-order valence-corrected chi connectivity index (χ3v) is 4.43. The van der Waals surface area contributed by atoms with Gasteiger partial charge < -0.3 is 10.1 Å². The third kappa shape index (κ3) is 2.98. The molecule has 94 valence electrons. The SMILES string of the molecule is CCCCCC1(CNC2CC2)CCOC1C. The zero-order valence-electron chi connectivity index (χ0n) is 10.9. The molecule has 0 aromatic heterocycles. The molecule has 2 heteroatoms. The molecule has 0 radical (unpaired) electrons. The van der Waals surface area contributed by atoms with Crippen LogP contribution < -0.4 is 5.32 Å². The number of nitrogens with one attached hydrogen (secondary N) is 1. The predicted octanol–water partition coefficient (Wildman–Crippen LogP) is 3.11. The summed E-state index contributed by atoms with van der Waals surface area (Å²) in [4.78, 5) is 0. The van der Waals surface area contributed by atoms with E-state index in [0.717, 1.165) is 12.6 Å². The fraction of sp³-hybridized carbons (Fsp3) is 1.00. The molecule has 1 N–H and O–H groups in total. The van der Waals surface area contributed by atoms with Gasteiger partial charge in [-0.2, -0.15) is 0 Å². The van der Waals surface area contributed by atoms with Crippen molar-refractivity contribution in [2.24, 2.45) is 5.41 Å². The van der Waals surface area contributed by atoms with E-state index >= 15 is 0 Å². The first kappa shape index (κ1) is 12.4. The van der Waals surface area contributed by atoms with Crippen molar-refractivity contribution in [3.63, 3.8) is 0 Å². The van der Waals surface area contributed by atoms with Gasteiger partial charge in [-0.3, -0.25) is 0 Å². The number of hydrogen-bond donors (Lipinski definition) is 1. The minimum atomic E-state index is 0.442. The molecule has 2 rings (SSSR count). The number of hydrogen-bond acceptors (Lipinski definition) is 2. The third-order valence-electron chi connectivity index (χ3n) is 4.43. The second kappa shape index (κ2) is 5.50. The van der Waals surface area contributed by atoms with Crippen molar-refractivity contribution in [3.05, 3.63) is 0 Å². The van der Waals surface area contributed by atoms with Gasteiger partial charge in [-0.05, 0) is 32.6 Å². The summed E-state index contributed by atoms with van der Waals surface area (Å²) in [5.74, 6) is 0. The summed E-state index contributed by atoms with van der Waals surface area (Å²) in [7, 11) is 0. The van der Waals surface area contributed by atoms with Crippen LogP contribution in [0.15, 0.2) is 0 Å². The zero-order chi connectivity index (χ0) is 11.4. The molecule has 2 aliphatic rings. The molecule has 2 atom stereocenters. The van der Waals surface area contributed by atoms with Crippen LogP contribution in [0.25, 0.3) is 0 Å². The van der Waals surface area contributed by atoms with E-state index in [1.165, 1.54) is 51.5 Å². The lowest BCUT2D eigenvalue weighted by molar-refractivity contribution is 0.0568. The topological polar surface area (TPSA) is 21.3 Å². The minimum absolute atomic E-state index is 0.442. The van der Waals surface area contributed by atoms with Gasteiger partial charge in [0.15, 0.2) is 0 Å². The average Bonchev–Trinajstić information content (AvgIpc) is 3.03. The first-order valence-corrected chi connectivity index (χ1v) is 7.12. The predicted molar refractivity (Wildman–Crippen MR) is 67.6 cm³/mol. The second-order valence-corrected chi connectivity index (χ2v) is 5.74. The van der Waals surface area contributed by atoms with E-state index in [1.54, 1.807) is 0 Å². The highest BCUT2D eigenvalue weighted by molar-refractivity contribution is 4.94. The maximum absolute atomic E-state index is 5.81. The maximum atomic E-state index is 5.81. The average molecular weight is 225 g/mol. The van der Waals surface area contributed by atoms with Crippen LogP contribution in [0.1, 0.15) is 58.8 Å². The molecule has 16 heavy (non-hydrogen) atoms. The van der Waals surface area contributed by atoms with E-state index in [1.807, 2.05) is 0 Å². The summed E-state index contributed by atoms with van der Waals surface area (Å²) >= 11 is 0. The van der Waals surface area contributed by atoms with Gasteiger partial charge in [-0.1, -0.05) is 26.2 Å². The van der Waals surface area contributed by atoms with Gasteiger partial charge in [-0.25, -0.2) is 0 Å². The van der Waals surface area contributed by atoms with Crippen LogP contribution >= 0.6 is 0 Å². The second-order valence-electron chi connectivity index (χ2n) is 5.74. The first-order valence-electron chi connectivity index (χ1n) is 7.12. The highest BCUT2D eigenvalue weighted by Gasteiger charge is 2.41. The standard InChI is InChI=1S/C14H27NO/c1-3-4-5-8-14(9-10-16-12(14)2)11-15-13-6-7-13/h12-13,15H,3-11H2,1-2H3. The molecule has 0 aromatic rings. The van der Waals surface area contributed by atoms with Crippen molar-refractivity contribution in [1.82, 2.24) is 5.32 Å². The first-order chi connectivity index (χ1) is 7.77. The molecule has 1 heterocycles. The van der Waals surface area contributed by atoms with Crippen molar-refractivity contribution in [2.75, 3.05) is 13.2 Å². The number of ether oxygens (including phenoxy) is 1. The number of unbranched alkanes of at least 4 members (excludes halogenated alkanes) is 2. The Morgan fingerprint density at radius 1 is 1.31 bits per heavy atom. The zero-order valence-corrected chi connectivity index (χ0v) is 10.9. The van der Waals surface area contributed by atoms with Gasteiger partial charge in [0.1, 0.15) is 0 Å². The Bertz CT molecular complexity index is 215. The lowest BCUT2D eigenvalue weighted by Crippen LogP contribution is -2.40. The Balaban J connectivity index is 1.83. The van der Waals surface area contributed by atoms with E-state index in [-0.39, 0.29) is 0 Å². The molecule has 2 nitrogen and oxygen atoms in total. The molecule has 1 saturated heterocycles. The molecule has 0 amide bonds. The van der Waals surface area contributed by atoms with E-state index in [4.69, 9.17) is 4.74 Å². The Morgan fingerprint density at radius 3 is 2.69 bits per heavy atom. The van der Waals surface area contributed by atoms with Gasteiger partial charge in [0.25, 0.3) is 0 Å². The summed E-state index contributed by atoms with van der Waals surface area (Å²) in [5, 5.41) is 3.72. The summed E-state index contributed by atoms with van der Waals surface area (Å²) in [6.07, 6.45) is 9.91. The van der Waals surface area contributed by atoms with E-state index < -0.39 is 0 Å². The molecule has 0 spiro atoms. The fourth-order valence-electron chi connectivity index (χ4n) is 2.83. The molecular formula is C14H27NO. The summed E-state index contributed by atoms with van der Waals surface area (Å²) in [6, 6.07) is 0.829. The van der Waals surface area contributed by atoms with E-state index in [0.29, 0.717) is 11.5 Å². The van der Waals surface area contributed by atoms with Gasteiger partial charge in [0, 0.05) is 24.6 Å².